The Morgan fingerprint density at radius 1 is 1.17 bits per heavy atom. The zero-order valence-electron chi connectivity index (χ0n) is 19.3. The minimum absolute atomic E-state index is 0.169. The lowest BCUT2D eigenvalue weighted by atomic mass is 9.94. The van der Waals surface area contributed by atoms with E-state index in [0.717, 1.165) is 29.4 Å². The number of nitrogens with one attached hydrogen (secondary N) is 1. The van der Waals surface area contributed by atoms with Gasteiger partial charge in [0.25, 0.3) is 5.91 Å². The summed E-state index contributed by atoms with van der Waals surface area (Å²) in [7, 11) is 1.56. The van der Waals surface area contributed by atoms with Crippen LogP contribution in [0, 0.1) is 0 Å². The summed E-state index contributed by atoms with van der Waals surface area (Å²) in [6, 6.07) is 11.8. The summed E-state index contributed by atoms with van der Waals surface area (Å²) < 4.78 is 10.5. The molecule has 4 rings (SSSR count). The largest absolute Gasteiger partial charge is 0.460 e. The highest BCUT2D eigenvalue weighted by atomic mass is 35.5. The second-order valence-corrected chi connectivity index (χ2v) is 9.93. The Balaban J connectivity index is 1.59. The summed E-state index contributed by atoms with van der Waals surface area (Å²) in [4.78, 5) is 32.6. The Bertz CT molecular complexity index is 1180. The van der Waals surface area contributed by atoms with E-state index in [4.69, 9.17) is 32.7 Å². The van der Waals surface area contributed by atoms with Crippen molar-refractivity contribution >= 4 is 57.7 Å². The molecule has 10 heteroatoms. The monoisotopic (exact) mass is 533 g/mol. The van der Waals surface area contributed by atoms with Crippen molar-refractivity contribution in [1.29, 1.82) is 0 Å². The number of allylic oxidation sites excluding steroid dienone is 1. The van der Waals surface area contributed by atoms with E-state index in [1.54, 1.807) is 31.0 Å². The molecule has 0 saturated carbocycles. The summed E-state index contributed by atoms with van der Waals surface area (Å²) in [6.07, 6.45) is 0.987. The molecule has 1 amide bonds. The normalized spacial score (nSPS) is 17.5. The highest BCUT2D eigenvalue weighted by Crippen LogP contribution is 2.40. The number of fused-ring (bicyclic) bond motifs is 1. The van der Waals surface area contributed by atoms with Crippen LogP contribution in [0.25, 0.3) is 0 Å². The van der Waals surface area contributed by atoms with Gasteiger partial charge in [0, 0.05) is 30.1 Å². The Morgan fingerprint density at radius 2 is 1.94 bits per heavy atom. The number of carbonyl (C=O) groups is 2. The number of hydrogen-bond donors (Lipinski definition) is 1. The highest BCUT2D eigenvalue weighted by molar-refractivity contribution is 8.13. The number of aliphatic imine (C=N–C) groups is 1. The first-order chi connectivity index (χ1) is 16.9. The van der Waals surface area contributed by atoms with Crippen LogP contribution in [0.2, 0.25) is 10.0 Å². The smallest absolute Gasteiger partial charge is 0.338 e. The fourth-order valence-corrected chi connectivity index (χ4v) is 5.51. The summed E-state index contributed by atoms with van der Waals surface area (Å²) in [5, 5.41) is 4.50. The molecule has 2 heterocycles. The number of hydrogen-bond acceptors (Lipinski definition) is 7. The molecule has 184 valence electrons. The number of ether oxygens (including phenoxy) is 2. The number of thioether (sulfide) groups is 1. The van der Waals surface area contributed by atoms with Gasteiger partial charge in [0.15, 0.2) is 5.17 Å². The van der Waals surface area contributed by atoms with E-state index in [2.05, 4.69) is 15.2 Å². The van der Waals surface area contributed by atoms with E-state index < -0.39 is 5.97 Å². The highest BCUT2D eigenvalue weighted by Gasteiger charge is 2.37. The standard InChI is InChI=1S/C25H25Cl2N3O4S/c1-15-21(24(32)34-12-11-33-2)22(30-10-3-13-35-25(30)28-15)16-4-7-18(8-5-16)29-23(31)19-9-6-17(26)14-20(19)27/h4-9,14,22H,3,10-13H2,1-2H3,(H,29,31). The third-order valence-electron chi connectivity index (χ3n) is 5.66. The molecule has 2 aliphatic heterocycles. The van der Waals surface area contributed by atoms with E-state index >= 15 is 0 Å². The molecule has 0 aliphatic carbocycles. The van der Waals surface area contributed by atoms with Crippen molar-refractivity contribution in [2.24, 2.45) is 4.99 Å². The van der Waals surface area contributed by atoms with Crippen LogP contribution in [-0.2, 0) is 14.3 Å². The molecule has 1 atom stereocenters. The number of rotatable bonds is 7. The van der Waals surface area contributed by atoms with Crippen LogP contribution in [0.15, 0.2) is 58.7 Å². The van der Waals surface area contributed by atoms with E-state index in [0.29, 0.717) is 34.2 Å². The van der Waals surface area contributed by atoms with Crippen molar-refractivity contribution in [3.8, 4) is 0 Å². The average molecular weight is 534 g/mol. The van der Waals surface area contributed by atoms with Crippen LogP contribution in [-0.4, -0.2) is 54.6 Å². The van der Waals surface area contributed by atoms with Crippen molar-refractivity contribution < 1.29 is 19.1 Å². The summed E-state index contributed by atoms with van der Waals surface area (Å²) >= 11 is 13.8. The summed E-state index contributed by atoms with van der Waals surface area (Å²) in [5.41, 5.74) is 3.00. The third kappa shape index (κ3) is 5.83. The number of methoxy groups -OCH3 is 1. The Hall–Kier alpha value is -2.52. The van der Waals surface area contributed by atoms with Gasteiger partial charge >= 0.3 is 5.97 Å². The molecule has 2 aliphatic rings. The molecule has 1 unspecified atom stereocenters. The lowest BCUT2D eigenvalue weighted by molar-refractivity contribution is -0.141. The van der Waals surface area contributed by atoms with Gasteiger partial charge in [0.05, 0.1) is 34.5 Å². The van der Waals surface area contributed by atoms with Crippen molar-refractivity contribution in [2.75, 3.05) is 37.9 Å². The van der Waals surface area contributed by atoms with Gasteiger partial charge in [-0.05, 0) is 49.2 Å². The minimum Gasteiger partial charge on any atom is -0.460 e. The molecule has 0 spiro atoms. The van der Waals surface area contributed by atoms with E-state index in [1.807, 2.05) is 31.2 Å². The number of esters is 1. The Kier molecular flexibility index (Phi) is 8.38. The van der Waals surface area contributed by atoms with Crippen molar-refractivity contribution in [3.05, 3.63) is 74.9 Å². The van der Waals surface area contributed by atoms with Crippen LogP contribution in [0.1, 0.15) is 35.3 Å². The van der Waals surface area contributed by atoms with Gasteiger partial charge in [0.1, 0.15) is 6.61 Å². The number of nitrogens with zero attached hydrogens (tertiary/aromatic N) is 2. The molecule has 2 aromatic carbocycles. The van der Waals surface area contributed by atoms with E-state index in [9.17, 15) is 9.59 Å². The first-order valence-corrected chi connectivity index (χ1v) is 12.8. The maximum Gasteiger partial charge on any atom is 0.338 e. The second kappa shape index (κ2) is 11.5. The van der Waals surface area contributed by atoms with Crippen LogP contribution >= 0.6 is 35.0 Å². The third-order valence-corrected chi connectivity index (χ3v) is 7.28. The predicted molar refractivity (Wildman–Crippen MR) is 140 cm³/mol. The van der Waals surface area contributed by atoms with E-state index in [1.165, 1.54) is 6.07 Å². The number of amides is 1. The Morgan fingerprint density at radius 3 is 2.66 bits per heavy atom. The number of carbonyl (C=O) groups excluding carboxylic acids is 2. The maximum atomic E-state index is 13.0. The molecule has 2 aromatic rings. The fraction of sp³-hybridized carbons (Fsp3) is 0.320. The van der Waals surface area contributed by atoms with Crippen LogP contribution in [0.4, 0.5) is 5.69 Å². The summed E-state index contributed by atoms with van der Waals surface area (Å²) in [6.45, 7) is 3.11. The zero-order chi connectivity index (χ0) is 24.9. The molecule has 1 N–H and O–H groups in total. The quantitative estimate of drug-likeness (QED) is 0.370. The topological polar surface area (TPSA) is 80.2 Å². The molecule has 0 radical (unpaired) electrons. The van der Waals surface area contributed by atoms with Gasteiger partial charge in [-0.25, -0.2) is 9.79 Å². The van der Waals surface area contributed by atoms with Gasteiger partial charge in [-0.3, -0.25) is 4.79 Å². The average Bonchev–Trinajstić information content (AvgIpc) is 2.83. The SMILES string of the molecule is COCCOC(=O)C1=C(C)N=C2SCCCN2C1c1ccc(NC(=O)c2ccc(Cl)cc2Cl)cc1. The second-order valence-electron chi connectivity index (χ2n) is 8.02. The van der Waals surface area contributed by atoms with Crippen LogP contribution in [0.3, 0.4) is 0 Å². The minimum atomic E-state index is -0.405. The number of anilines is 1. The lowest BCUT2D eigenvalue weighted by Crippen LogP contribution is -2.42. The van der Waals surface area contributed by atoms with Crippen molar-refractivity contribution in [2.45, 2.75) is 19.4 Å². The molecule has 1 saturated heterocycles. The van der Waals surface area contributed by atoms with Gasteiger partial charge in [-0.15, -0.1) is 0 Å². The Labute approximate surface area is 218 Å². The van der Waals surface area contributed by atoms with E-state index in [-0.39, 0.29) is 23.6 Å². The van der Waals surface area contributed by atoms with Crippen molar-refractivity contribution in [3.63, 3.8) is 0 Å². The molecule has 1 fully saturated rings. The first kappa shape index (κ1) is 25.6. The number of amidine groups is 1. The molecule has 0 aromatic heterocycles. The molecular formula is C25H25Cl2N3O4S. The zero-order valence-corrected chi connectivity index (χ0v) is 21.7. The molecule has 35 heavy (non-hydrogen) atoms. The van der Waals surface area contributed by atoms with Gasteiger partial charge < -0.3 is 19.7 Å². The van der Waals surface area contributed by atoms with Crippen molar-refractivity contribution in [1.82, 2.24) is 4.90 Å². The first-order valence-electron chi connectivity index (χ1n) is 11.1. The van der Waals surface area contributed by atoms with Gasteiger partial charge in [-0.2, -0.15) is 0 Å². The molecular weight excluding hydrogens is 509 g/mol. The fourth-order valence-electron chi connectivity index (χ4n) is 3.99. The van der Waals surface area contributed by atoms with Crippen LogP contribution in [0.5, 0.6) is 0 Å². The lowest BCUT2D eigenvalue weighted by Gasteiger charge is -2.40. The maximum absolute atomic E-state index is 13.0. The number of halogens is 2. The molecule has 0 bridgehead atoms. The predicted octanol–water partition coefficient (Wildman–Crippen LogP) is 5.56. The van der Waals surface area contributed by atoms with Gasteiger partial charge in [0.2, 0.25) is 0 Å². The molecule has 7 nitrogen and oxygen atoms in total. The number of benzene rings is 2. The van der Waals surface area contributed by atoms with Gasteiger partial charge in [-0.1, -0.05) is 47.1 Å². The summed E-state index contributed by atoms with van der Waals surface area (Å²) in [5.74, 6) is 0.246. The van der Waals surface area contributed by atoms with Crippen LogP contribution < -0.4 is 5.32 Å².